The third-order valence-corrected chi connectivity index (χ3v) is 4.02. The Kier molecular flexibility index (Phi) is 5.21. The van der Waals surface area contributed by atoms with Crippen LogP contribution in [0.15, 0.2) is 53.4 Å². The van der Waals surface area contributed by atoms with Crippen molar-refractivity contribution in [2.45, 2.75) is 18.9 Å². The smallest absolute Gasteiger partial charge is 0.244 e. The lowest BCUT2D eigenvalue weighted by atomic mass is 9.87. The highest BCUT2D eigenvalue weighted by atomic mass is 16.5. The van der Waals surface area contributed by atoms with Crippen LogP contribution in [-0.4, -0.2) is 24.1 Å². The van der Waals surface area contributed by atoms with Gasteiger partial charge in [-0.2, -0.15) is 0 Å². The molecule has 2 aromatic rings. The van der Waals surface area contributed by atoms with Crippen molar-refractivity contribution >= 4 is 12.0 Å². The summed E-state index contributed by atoms with van der Waals surface area (Å²) in [5, 5.41) is 3.10. The van der Waals surface area contributed by atoms with Crippen LogP contribution in [0.1, 0.15) is 30.2 Å². The number of ether oxygens (including phenoxy) is 1. The average Bonchev–Trinajstić information content (AvgIpc) is 3.13. The normalized spacial score (nSPS) is 17.2. The zero-order chi connectivity index (χ0) is 15.9. The second kappa shape index (κ2) is 7.74. The number of hydrogen-bond acceptors (Lipinski definition) is 4. The Balaban J connectivity index is 1.71. The molecule has 0 saturated carbocycles. The minimum absolute atomic E-state index is 0.0543. The van der Waals surface area contributed by atoms with Gasteiger partial charge in [0.25, 0.3) is 0 Å². The molecule has 120 valence electrons. The Morgan fingerprint density at radius 3 is 2.87 bits per heavy atom. The molecule has 1 N–H and O–H groups in total. The third kappa shape index (κ3) is 4.29. The summed E-state index contributed by atoms with van der Waals surface area (Å²) in [4.78, 5) is 16.5. The number of furan rings is 1. The predicted molar refractivity (Wildman–Crippen MR) is 86.4 cm³/mol. The van der Waals surface area contributed by atoms with Gasteiger partial charge < -0.3 is 14.5 Å². The van der Waals surface area contributed by atoms with Crippen LogP contribution in [0.3, 0.4) is 0 Å². The van der Waals surface area contributed by atoms with Gasteiger partial charge in [-0.15, -0.1) is 0 Å². The van der Waals surface area contributed by atoms with Crippen molar-refractivity contribution in [3.05, 3.63) is 60.3 Å². The molecule has 1 aliphatic rings. The van der Waals surface area contributed by atoms with Crippen molar-refractivity contribution in [2.75, 3.05) is 13.2 Å². The summed E-state index contributed by atoms with van der Waals surface area (Å²) in [6.07, 6.45) is 10.2. The van der Waals surface area contributed by atoms with E-state index in [1.165, 1.54) is 6.08 Å². The lowest BCUT2D eigenvalue weighted by Gasteiger charge is -2.30. The van der Waals surface area contributed by atoms with E-state index in [0.29, 0.717) is 11.7 Å². The van der Waals surface area contributed by atoms with E-state index in [0.717, 1.165) is 31.6 Å². The number of amides is 1. The molecule has 1 aliphatic heterocycles. The van der Waals surface area contributed by atoms with Gasteiger partial charge in [-0.25, -0.2) is 0 Å². The number of nitrogens with zero attached hydrogens (tertiary/aromatic N) is 1. The standard InChI is InChI=1S/C18H20N2O3/c21-17(6-5-16-4-2-10-23-16)20-18(14-7-11-22-12-8-14)15-3-1-9-19-13-15/h1-6,9-10,13-14,18H,7-8,11-12H2,(H,20,21)/b6-5+. The molecule has 1 unspecified atom stereocenters. The van der Waals surface area contributed by atoms with E-state index in [1.807, 2.05) is 18.3 Å². The minimum Gasteiger partial charge on any atom is -0.465 e. The first-order valence-electron chi connectivity index (χ1n) is 7.82. The third-order valence-electron chi connectivity index (χ3n) is 4.02. The van der Waals surface area contributed by atoms with E-state index in [4.69, 9.17) is 9.15 Å². The molecule has 0 radical (unpaired) electrons. The summed E-state index contributed by atoms with van der Waals surface area (Å²) < 4.78 is 10.6. The fraction of sp³-hybridized carbons (Fsp3) is 0.333. The highest BCUT2D eigenvalue weighted by Gasteiger charge is 2.26. The van der Waals surface area contributed by atoms with Crippen LogP contribution in [-0.2, 0) is 9.53 Å². The summed E-state index contributed by atoms with van der Waals surface area (Å²) in [5.41, 5.74) is 1.03. The summed E-state index contributed by atoms with van der Waals surface area (Å²) in [6.45, 7) is 1.47. The Hall–Kier alpha value is -2.40. The van der Waals surface area contributed by atoms with Gasteiger partial charge >= 0.3 is 0 Å². The van der Waals surface area contributed by atoms with E-state index in [2.05, 4.69) is 10.3 Å². The molecule has 0 aliphatic carbocycles. The Bertz CT molecular complexity index is 632. The zero-order valence-corrected chi connectivity index (χ0v) is 12.9. The molecule has 0 bridgehead atoms. The van der Waals surface area contributed by atoms with Crippen LogP contribution in [0.5, 0.6) is 0 Å². The van der Waals surface area contributed by atoms with Crippen molar-refractivity contribution in [1.82, 2.24) is 10.3 Å². The van der Waals surface area contributed by atoms with Crippen molar-refractivity contribution in [3.8, 4) is 0 Å². The molecule has 0 aromatic carbocycles. The van der Waals surface area contributed by atoms with Gasteiger partial charge in [-0.05, 0) is 48.6 Å². The van der Waals surface area contributed by atoms with E-state index in [1.54, 1.807) is 30.7 Å². The number of aromatic nitrogens is 1. The molecule has 2 aromatic heterocycles. The molecular weight excluding hydrogens is 292 g/mol. The molecule has 5 heteroatoms. The summed E-state index contributed by atoms with van der Waals surface area (Å²) in [5.74, 6) is 0.875. The number of rotatable bonds is 5. The number of nitrogens with one attached hydrogen (secondary N) is 1. The van der Waals surface area contributed by atoms with Gasteiger partial charge in [0.1, 0.15) is 5.76 Å². The minimum atomic E-state index is -0.137. The first-order chi connectivity index (χ1) is 11.3. The largest absolute Gasteiger partial charge is 0.465 e. The lowest BCUT2D eigenvalue weighted by Crippen LogP contribution is -2.35. The van der Waals surface area contributed by atoms with Crippen LogP contribution >= 0.6 is 0 Å². The SMILES string of the molecule is O=C(/C=C/c1ccco1)NC(c1cccnc1)C1CCOCC1. The van der Waals surface area contributed by atoms with Gasteiger partial charge in [-0.3, -0.25) is 9.78 Å². The predicted octanol–water partition coefficient (Wildman–Crippen LogP) is 2.97. The summed E-state index contributed by atoms with van der Waals surface area (Å²) >= 11 is 0. The molecule has 3 rings (SSSR count). The molecule has 1 fully saturated rings. The van der Waals surface area contributed by atoms with Crippen LogP contribution in [0.2, 0.25) is 0 Å². The molecule has 23 heavy (non-hydrogen) atoms. The molecule has 3 heterocycles. The maximum absolute atomic E-state index is 12.3. The number of carbonyl (C=O) groups excluding carboxylic acids is 1. The summed E-state index contributed by atoms with van der Waals surface area (Å²) in [7, 11) is 0. The van der Waals surface area contributed by atoms with E-state index >= 15 is 0 Å². The van der Waals surface area contributed by atoms with Gasteiger partial charge in [0.05, 0.1) is 12.3 Å². The van der Waals surface area contributed by atoms with Crippen molar-refractivity contribution in [3.63, 3.8) is 0 Å². The molecule has 1 atom stereocenters. The molecule has 1 saturated heterocycles. The second-order valence-corrected chi connectivity index (χ2v) is 5.57. The van der Waals surface area contributed by atoms with Gasteiger partial charge in [0.15, 0.2) is 0 Å². The first-order valence-corrected chi connectivity index (χ1v) is 7.82. The van der Waals surface area contributed by atoms with Crippen LogP contribution in [0.4, 0.5) is 0 Å². The number of hydrogen-bond donors (Lipinski definition) is 1. The highest BCUT2D eigenvalue weighted by molar-refractivity contribution is 5.91. The second-order valence-electron chi connectivity index (χ2n) is 5.57. The Morgan fingerprint density at radius 2 is 2.17 bits per heavy atom. The average molecular weight is 312 g/mol. The van der Waals surface area contributed by atoms with Crippen LogP contribution in [0.25, 0.3) is 6.08 Å². The van der Waals surface area contributed by atoms with E-state index < -0.39 is 0 Å². The van der Waals surface area contributed by atoms with E-state index in [9.17, 15) is 4.79 Å². The molecule has 0 spiro atoms. The quantitative estimate of drug-likeness (QED) is 0.862. The van der Waals surface area contributed by atoms with Crippen molar-refractivity contribution < 1.29 is 13.9 Å². The van der Waals surface area contributed by atoms with Crippen molar-refractivity contribution in [1.29, 1.82) is 0 Å². The van der Waals surface area contributed by atoms with Gasteiger partial charge in [0, 0.05) is 31.7 Å². The topological polar surface area (TPSA) is 64.4 Å². The van der Waals surface area contributed by atoms with Crippen LogP contribution < -0.4 is 5.32 Å². The molecular formula is C18H20N2O3. The van der Waals surface area contributed by atoms with Gasteiger partial charge in [-0.1, -0.05) is 6.07 Å². The summed E-state index contributed by atoms with van der Waals surface area (Å²) in [6, 6.07) is 7.44. The fourth-order valence-corrected chi connectivity index (χ4v) is 2.83. The zero-order valence-electron chi connectivity index (χ0n) is 12.9. The highest BCUT2D eigenvalue weighted by Crippen LogP contribution is 2.29. The van der Waals surface area contributed by atoms with Gasteiger partial charge in [0.2, 0.25) is 5.91 Å². The first kappa shape index (κ1) is 15.5. The molecule has 5 nitrogen and oxygen atoms in total. The lowest BCUT2D eigenvalue weighted by molar-refractivity contribution is -0.117. The number of carbonyl (C=O) groups is 1. The van der Waals surface area contributed by atoms with E-state index in [-0.39, 0.29) is 11.9 Å². The Labute approximate surface area is 135 Å². The maximum atomic E-state index is 12.3. The Morgan fingerprint density at radius 1 is 1.30 bits per heavy atom. The number of pyridine rings is 1. The molecule has 1 amide bonds. The monoisotopic (exact) mass is 312 g/mol. The van der Waals surface area contributed by atoms with Crippen LogP contribution in [0, 0.1) is 5.92 Å². The van der Waals surface area contributed by atoms with Crippen molar-refractivity contribution in [2.24, 2.45) is 5.92 Å². The maximum Gasteiger partial charge on any atom is 0.244 e. The fourth-order valence-electron chi connectivity index (χ4n) is 2.83.